The lowest BCUT2D eigenvalue weighted by atomic mass is 10.0. The number of carbonyl (C=O) groups excluding carboxylic acids is 1. The summed E-state index contributed by atoms with van der Waals surface area (Å²) in [6.45, 7) is 0. The van der Waals surface area contributed by atoms with Crippen LogP contribution in [0.1, 0.15) is 10.4 Å². The van der Waals surface area contributed by atoms with E-state index in [1.165, 1.54) is 7.11 Å². The van der Waals surface area contributed by atoms with E-state index in [2.05, 4.69) is 0 Å². The van der Waals surface area contributed by atoms with E-state index in [-0.39, 0.29) is 5.97 Å². The molecule has 3 rings (SSSR count). The molecule has 0 aliphatic heterocycles. The van der Waals surface area contributed by atoms with E-state index in [4.69, 9.17) is 4.74 Å². The fourth-order valence-electron chi connectivity index (χ4n) is 2.37. The van der Waals surface area contributed by atoms with E-state index in [0.717, 1.165) is 20.9 Å². The topological polar surface area (TPSA) is 26.3 Å². The molecule has 0 aliphatic carbocycles. The number of benzene rings is 3. The molecule has 0 fully saturated rings. The monoisotopic (exact) mass is 320 g/mol. The van der Waals surface area contributed by atoms with Crippen LogP contribution in [0.4, 0.5) is 0 Å². The summed E-state index contributed by atoms with van der Waals surface area (Å²) in [5.41, 5.74) is 2.70. The van der Waals surface area contributed by atoms with Gasteiger partial charge in [-0.1, -0.05) is 72.4 Å². The SMILES string of the molecule is COC(=O)c1cccc(-c2ccccc2)c1Sc1ccccc1. The summed E-state index contributed by atoms with van der Waals surface area (Å²) in [5, 5.41) is 0. The van der Waals surface area contributed by atoms with Gasteiger partial charge < -0.3 is 4.74 Å². The lowest BCUT2D eigenvalue weighted by molar-refractivity contribution is 0.0597. The smallest absolute Gasteiger partial charge is 0.339 e. The number of hydrogen-bond acceptors (Lipinski definition) is 3. The van der Waals surface area contributed by atoms with Gasteiger partial charge in [-0.2, -0.15) is 0 Å². The van der Waals surface area contributed by atoms with Crippen molar-refractivity contribution in [2.45, 2.75) is 9.79 Å². The number of methoxy groups -OCH3 is 1. The molecule has 0 saturated carbocycles. The van der Waals surface area contributed by atoms with Gasteiger partial charge in [-0.25, -0.2) is 4.79 Å². The van der Waals surface area contributed by atoms with Gasteiger partial charge in [0.2, 0.25) is 0 Å². The Balaban J connectivity index is 2.14. The Morgan fingerprint density at radius 3 is 2.13 bits per heavy atom. The Morgan fingerprint density at radius 2 is 1.48 bits per heavy atom. The summed E-state index contributed by atoms with van der Waals surface area (Å²) < 4.78 is 4.95. The normalized spacial score (nSPS) is 10.3. The zero-order valence-corrected chi connectivity index (χ0v) is 13.5. The Labute approximate surface area is 140 Å². The molecule has 2 nitrogen and oxygen atoms in total. The van der Waals surface area contributed by atoms with Crippen LogP contribution >= 0.6 is 11.8 Å². The molecule has 0 aliphatic rings. The minimum atomic E-state index is -0.318. The molecule has 0 spiro atoms. The molecule has 0 unspecified atom stereocenters. The van der Waals surface area contributed by atoms with E-state index in [0.29, 0.717) is 5.56 Å². The van der Waals surface area contributed by atoms with Crippen LogP contribution in [0.2, 0.25) is 0 Å². The fourth-order valence-corrected chi connectivity index (χ4v) is 3.46. The third kappa shape index (κ3) is 3.46. The van der Waals surface area contributed by atoms with E-state index < -0.39 is 0 Å². The second kappa shape index (κ2) is 7.16. The summed E-state index contributed by atoms with van der Waals surface area (Å²) in [7, 11) is 1.41. The first-order valence-electron chi connectivity index (χ1n) is 7.29. The third-order valence-electron chi connectivity index (χ3n) is 3.47. The van der Waals surface area contributed by atoms with Gasteiger partial charge in [0, 0.05) is 9.79 Å². The highest BCUT2D eigenvalue weighted by Gasteiger charge is 2.17. The highest BCUT2D eigenvalue weighted by molar-refractivity contribution is 7.99. The van der Waals surface area contributed by atoms with Crippen LogP contribution in [0.3, 0.4) is 0 Å². The molecule has 0 saturated heterocycles. The molecule has 0 heterocycles. The lowest BCUT2D eigenvalue weighted by Crippen LogP contribution is -2.04. The van der Waals surface area contributed by atoms with Crippen molar-refractivity contribution in [1.29, 1.82) is 0 Å². The van der Waals surface area contributed by atoms with Gasteiger partial charge in [0.05, 0.1) is 12.7 Å². The lowest BCUT2D eigenvalue weighted by Gasteiger charge is -2.13. The summed E-state index contributed by atoms with van der Waals surface area (Å²) in [4.78, 5) is 14.2. The van der Waals surface area contributed by atoms with Crippen molar-refractivity contribution in [3.8, 4) is 11.1 Å². The van der Waals surface area contributed by atoms with Crippen molar-refractivity contribution < 1.29 is 9.53 Å². The van der Waals surface area contributed by atoms with Gasteiger partial charge in [0.1, 0.15) is 0 Å². The van der Waals surface area contributed by atoms with Gasteiger partial charge in [0.15, 0.2) is 0 Å². The first-order chi connectivity index (χ1) is 11.3. The largest absolute Gasteiger partial charge is 0.465 e. The minimum Gasteiger partial charge on any atom is -0.465 e. The van der Waals surface area contributed by atoms with Gasteiger partial charge in [-0.3, -0.25) is 0 Å². The number of rotatable bonds is 4. The van der Waals surface area contributed by atoms with Crippen LogP contribution in [0, 0.1) is 0 Å². The number of esters is 1. The first-order valence-corrected chi connectivity index (χ1v) is 8.11. The third-order valence-corrected chi connectivity index (χ3v) is 4.62. The highest BCUT2D eigenvalue weighted by Crippen LogP contribution is 2.38. The Bertz CT molecular complexity index is 798. The van der Waals surface area contributed by atoms with Crippen molar-refractivity contribution in [2.75, 3.05) is 7.11 Å². The van der Waals surface area contributed by atoms with Gasteiger partial charge >= 0.3 is 5.97 Å². The fraction of sp³-hybridized carbons (Fsp3) is 0.0500. The molecule has 3 heteroatoms. The molecule has 114 valence electrons. The van der Waals surface area contributed by atoms with Crippen molar-refractivity contribution >= 4 is 17.7 Å². The average Bonchev–Trinajstić information content (AvgIpc) is 2.63. The average molecular weight is 320 g/mol. The standard InChI is InChI=1S/C20H16O2S/c1-22-20(21)18-14-8-13-17(15-9-4-2-5-10-15)19(18)23-16-11-6-3-7-12-16/h2-14H,1H3. The molecule has 0 amide bonds. The number of carbonyl (C=O) groups is 1. The summed E-state index contributed by atoms with van der Waals surface area (Å²) >= 11 is 1.58. The van der Waals surface area contributed by atoms with E-state index in [9.17, 15) is 4.79 Å². The molecule has 23 heavy (non-hydrogen) atoms. The maximum Gasteiger partial charge on any atom is 0.339 e. The predicted octanol–water partition coefficient (Wildman–Crippen LogP) is 5.29. The van der Waals surface area contributed by atoms with Crippen LogP contribution in [0.5, 0.6) is 0 Å². The second-order valence-corrected chi connectivity index (χ2v) is 6.04. The van der Waals surface area contributed by atoms with Crippen molar-refractivity contribution in [2.24, 2.45) is 0 Å². The molecule has 0 atom stereocenters. The number of hydrogen-bond donors (Lipinski definition) is 0. The van der Waals surface area contributed by atoms with E-state index >= 15 is 0 Å². The summed E-state index contributed by atoms with van der Waals surface area (Å²) in [6.07, 6.45) is 0. The maximum atomic E-state index is 12.2. The molecular weight excluding hydrogens is 304 g/mol. The van der Waals surface area contributed by atoms with E-state index in [1.807, 2.05) is 78.9 Å². The molecule has 0 aromatic heterocycles. The van der Waals surface area contributed by atoms with E-state index in [1.54, 1.807) is 11.8 Å². The van der Waals surface area contributed by atoms with Crippen LogP contribution in [-0.2, 0) is 4.74 Å². The van der Waals surface area contributed by atoms with Crippen LogP contribution in [-0.4, -0.2) is 13.1 Å². The molecule has 3 aromatic rings. The molecule has 0 bridgehead atoms. The highest BCUT2D eigenvalue weighted by atomic mass is 32.2. The van der Waals surface area contributed by atoms with Crippen LogP contribution in [0.15, 0.2) is 88.7 Å². The van der Waals surface area contributed by atoms with Crippen LogP contribution < -0.4 is 0 Å². The molecule has 0 N–H and O–H groups in total. The van der Waals surface area contributed by atoms with Crippen LogP contribution in [0.25, 0.3) is 11.1 Å². The summed E-state index contributed by atoms with van der Waals surface area (Å²) in [5.74, 6) is -0.318. The van der Waals surface area contributed by atoms with Gasteiger partial charge in [-0.15, -0.1) is 0 Å². The summed E-state index contributed by atoms with van der Waals surface area (Å²) in [6, 6.07) is 25.8. The number of ether oxygens (including phenoxy) is 1. The second-order valence-electron chi connectivity index (χ2n) is 4.95. The Kier molecular flexibility index (Phi) is 4.79. The maximum absolute atomic E-state index is 12.2. The molecular formula is C20H16O2S. The Hall–Kier alpha value is -2.52. The minimum absolute atomic E-state index is 0.318. The van der Waals surface area contributed by atoms with Crippen molar-refractivity contribution in [3.63, 3.8) is 0 Å². The van der Waals surface area contributed by atoms with Gasteiger partial charge in [0.25, 0.3) is 0 Å². The molecule has 3 aromatic carbocycles. The Morgan fingerprint density at radius 1 is 0.826 bits per heavy atom. The zero-order chi connectivity index (χ0) is 16.1. The zero-order valence-electron chi connectivity index (χ0n) is 12.7. The van der Waals surface area contributed by atoms with Gasteiger partial charge in [-0.05, 0) is 29.3 Å². The quantitative estimate of drug-likeness (QED) is 0.611. The predicted molar refractivity (Wildman–Crippen MR) is 93.8 cm³/mol. The molecule has 0 radical (unpaired) electrons. The first kappa shape index (κ1) is 15.4. The van der Waals surface area contributed by atoms with Crippen molar-refractivity contribution in [3.05, 3.63) is 84.4 Å². The van der Waals surface area contributed by atoms with Crippen molar-refractivity contribution in [1.82, 2.24) is 0 Å².